The Morgan fingerprint density at radius 2 is 1.93 bits per heavy atom. The molecule has 0 aliphatic rings. The molecular weight excluding hydrogens is 178 g/mol. The van der Waals surface area contributed by atoms with Crippen LogP contribution < -0.4 is 5.63 Å². The molecule has 0 unspecified atom stereocenters. The fourth-order valence-corrected chi connectivity index (χ4v) is 1.57. The summed E-state index contributed by atoms with van der Waals surface area (Å²) in [5, 5.41) is 0. The molecule has 0 fully saturated rings. The van der Waals surface area contributed by atoms with Gasteiger partial charge in [-0.2, -0.15) is 0 Å². The summed E-state index contributed by atoms with van der Waals surface area (Å²) in [7, 11) is 0. The van der Waals surface area contributed by atoms with Gasteiger partial charge in [-0.05, 0) is 37.5 Å². The van der Waals surface area contributed by atoms with Crippen LogP contribution in [-0.4, -0.2) is 4.98 Å². The highest BCUT2D eigenvalue weighted by molar-refractivity contribution is 5.80. The largest absolute Gasteiger partial charge is 0.420 e. The van der Waals surface area contributed by atoms with Crippen molar-refractivity contribution >= 4 is 11.1 Å². The van der Waals surface area contributed by atoms with Crippen molar-refractivity contribution in [3.63, 3.8) is 0 Å². The number of hydrogen-bond acceptors (Lipinski definition) is 3. The first kappa shape index (κ1) is 8.94. The van der Waals surface area contributed by atoms with Crippen LogP contribution in [0, 0.1) is 20.8 Å². The van der Waals surface area contributed by atoms with Gasteiger partial charge in [0.15, 0.2) is 5.58 Å². The van der Waals surface area contributed by atoms with Gasteiger partial charge in [0.05, 0.1) is 0 Å². The lowest BCUT2D eigenvalue weighted by molar-refractivity contribution is 0.552. The summed E-state index contributed by atoms with van der Waals surface area (Å²) in [6.07, 6.45) is 1.21. The Labute approximate surface area is 81.4 Å². The topological polar surface area (TPSA) is 43.1 Å². The van der Waals surface area contributed by atoms with Gasteiger partial charge in [-0.1, -0.05) is 6.07 Å². The quantitative estimate of drug-likeness (QED) is 0.637. The molecule has 0 aliphatic heterocycles. The van der Waals surface area contributed by atoms with Gasteiger partial charge in [-0.15, -0.1) is 0 Å². The van der Waals surface area contributed by atoms with Crippen molar-refractivity contribution in [2.24, 2.45) is 0 Å². The third kappa shape index (κ3) is 1.21. The first-order chi connectivity index (χ1) is 6.59. The van der Waals surface area contributed by atoms with Crippen LogP contribution in [0.25, 0.3) is 11.1 Å². The lowest BCUT2D eigenvalue weighted by Gasteiger charge is -2.05. The summed E-state index contributed by atoms with van der Waals surface area (Å²) < 4.78 is 5.14. The fourth-order valence-electron chi connectivity index (χ4n) is 1.57. The van der Waals surface area contributed by atoms with E-state index >= 15 is 0 Å². The number of rotatable bonds is 0. The van der Waals surface area contributed by atoms with E-state index in [0.29, 0.717) is 5.58 Å². The van der Waals surface area contributed by atoms with Crippen LogP contribution in [0.1, 0.15) is 16.7 Å². The molecule has 1 heterocycles. The highest BCUT2D eigenvalue weighted by atomic mass is 16.4. The normalized spacial score (nSPS) is 10.8. The zero-order chi connectivity index (χ0) is 10.3. The molecule has 1 aromatic carbocycles. The zero-order valence-electron chi connectivity index (χ0n) is 8.42. The molecule has 0 saturated heterocycles. The van der Waals surface area contributed by atoms with Crippen molar-refractivity contribution in [2.45, 2.75) is 20.8 Å². The average Bonchev–Trinajstić information content (AvgIpc) is 2.14. The first-order valence-electron chi connectivity index (χ1n) is 4.46. The van der Waals surface area contributed by atoms with E-state index in [1.54, 1.807) is 0 Å². The minimum atomic E-state index is -0.398. The summed E-state index contributed by atoms with van der Waals surface area (Å²) in [5.74, 6) is 0. The number of fused-ring (bicyclic) bond motifs is 1. The Morgan fingerprint density at radius 3 is 2.64 bits per heavy atom. The highest BCUT2D eigenvalue weighted by Crippen LogP contribution is 2.21. The Bertz CT molecular complexity index is 555. The van der Waals surface area contributed by atoms with Crippen molar-refractivity contribution in [1.82, 2.24) is 4.98 Å². The smallest absolute Gasteiger partial charge is 0.354 e. The SMILES string of the molecule is Cc1cc(C)c2ncc(=O)oc2c1C. The van der Waals surface area contributed by atoms with E-state index in [9.17, 15) is 4.79 Å². The highest BCUT2D eigenvalue weighted by Gasteiger charge is 2.07. The van der Waals surface area contributed by atoms with Gasteiger partial charge < -0.3 is 4.42 Å². The molecule has 0 radical (unpaired) electrons. The van der Waals surface area contributed by atoms with E-state index in [1.165, 1.54) is 6.20 Å². The van der Waals surface area contributed by atoms with Gasteiger partial charge in [0.1, 0.15) is 11.7 Å². The van der Waals surface area contributed by atoms with E-state index in [4.69, 9.17) is 4.42 Å². The molecule has 2 rings (SSSR count). The van der Waals surface area contributed by atoms with Crippen molar-refractivity contribution in [1.29, 1.82) is 0 Å². The maximum absolute atomic E-state index is 11.0. The van der Waals surface area contributed by atoms with Gasteiger partial charge in [0.2, 0.25) is 0 Å². The van der Waals surface area contributed by atoms with Gasteiger partial charge >= 0.3 is 5.63 Å². The van der Waals surface area contributed by atoms with Crippen molar-refractivity contribution in [3.8, 4) is 0 Å². The predicted molar refractivity (Wildman–Crippen MR) is 54.5 cm³/mol. The summed E-state index contributed by atoms with van der Waals surface area (Å²) >= 11 is 0. The molecule has 0 spiro atoms. The predicted octanol–water partition coefficient (Wildman–Crippen LogP) is 2.11. The fraction of sp³-hybridized carbons (Fsp3) is 0.273. The summed E-state index contributed by atoms with van der Waals surface area (Å²) in [5.41, 5.74) is 4.11. The molecule has 0 N–H and O–H groups in total. The minimum Gasteiger partial charge on any atom is -0.420 e. The minimum absolute atomic E-state index is 0.398. The summed E-state index contributed by atoms with van der Waals surface area (Å²) in [6.45, 7) is 5.89. The van der Waals surface area contributed by atoms with Gasteiger partial charge in [-0.25, -0.2) is 9.78 Å². The molecule has 3 nitrogen and oxygen atoms in total. The monoisotopic (exact) mass is 189 g/mol. The molecule has 0 saturated carbocycles. The van der Waals surface area contributed by atoms with Crippen LogP contribution in [0.15, 0.2) is 21.5 Å². The molecule has 3 heteroatoms. The second-order valence-electron chi connectivity index (χ2n) is 3.49. The third-order valence-corrected chi connectivity index (χ3v) is 2.46. The zero-order valence-corrected chi connectivity index (χ0v) is 8.42. The van der Waals surface area contributed by atoms with Gasteiger partial charge in [0.25, 0.3) is 0 Å². The maximum Gasteiger partial charge on any atom is 0.354 e. The van der Waals surface area contributed by atoms with Crippen LogP contribution in [0.2, 0.25) is 0 Å². The Morgan fingerprint density at radius 1 is 1.21 bits per heavy atom. The molecule has 0 bridgehead atoms. The first-order valence-corrected chi connectivity index (χ1v) is 4.46. The van der Waals surface area contributed by atoms with E-state index < -0.39 is 5.63 Å². The van der Waals surface area contributed by atoms with E-state index in [1.807, 2.05) is 26.8 Å². The lowest BCUT2D eigenvalue weighted by atomic mass is 10.0. The van der Waals surface area contributed by atoms with E-state index in [-0.39, 0.29) is 0 Å². The molecule has 1 aromatic heterocycles. The number of hydrogen-bond donors (Lipinski definition) is 0. The van der Waals surface area contributed by atoms with Crippen molar-refractivity contribution in [3.05, 3.63) is 39.4 Å². The average molecular weight is 189 g/mol. The summed E-state index contributed by atoms with van der Waals surface area (Å²) in [4.78, 5) is 15.1. The molecule has 72 valence electrons. The van der Waals surface area contributed by atoms with Crippen molar-refractivity contribution in [2.75, 3.05) is 0 Å². The van der Waals surface area contributed by atoms with Gasteiger partial charge in [0, 0.05) is 0 Å². The number of aromatic nitrogens is 1. The van der Waals surface area contributed by atoms with Crippen LogP contribution in [0.3, 0.4) is 0 Å². The second kappa shape index (κ2) is 2.94. The second-order valence-corrected chi connectivity index (χ2v) is 3.49. The van der Waals surface area contributed by atoms with Crippen LogP contribution in [0.5, 0.6) is 0 Å². The standard InChI is InChI=1S/C11H11NO2/c1-6-4-7(2)10-11(8(6)3)14-9(13)5-12-10/h4-5H,1-3H3. The van der Waals surface area contributed by atoms with Gasteiger partial charge in [-0.3, -0.25) is 0 Å². The number of nitrogens with zero attached hydrogens (tertiary/aromatic N) is 1. The molecule has 0 atom stereocenters. The van der Waals surface area contributed by atoms with E-state index in [2.05, 4.69) is 4.98 Å². The molecule has 14 heavy (non-hydrogen) atoms. The van der Waals surface area contributed by atoms with Crippen LogP contribution in [-0.2, 0) is 0 Å². The molecule has 0 amide bonds. The lowest BCUT2D eigenvalue weighted by Crippen LogP contribution is -2.00. The Hall–Kier alpha value is -1.64. The van der Waals surface area contributed by atoms with Crippen LogP contribution >= 0.6 is 0 Å². The Kier molecular flexibility index (Phi) is 1.88. The third-order valence-electron chi connectivity index (χ3n) is 2.46. The van der Waals surface area contributed by atoms with E-state index in [0.717, 1.165) is 22.2 Å². The molecule has 0 aliphatic carbocycles. The number of aryl methyl sites for hydroxylation is 3. The molecule has 2 aromatic rings. The van der Waals surface area contributed by atoms with Crippen LogP contribution in [0.4, 0.5) is 0 Å². The summed E-state index contributed by atoms with van der Waals surface area (Å²) in [6, 6.07) is 2.05. The Balaban J connectivity index is 3.02. The maximum atomic E-state index is 11.0. The number of benzene rings is 1. The van der Waals surface area contributed by atoms with Crippen molar-refractivity contribution < 1.29 is 4.42 Å². The molecular formula is C11H11NO2.